The van der Waals surface area contributed by atoms with Crippen LogP contribution in [0.4, 0.5) is 0 Å². The van der Waals surface area contributed by atoms with Gasteiger partial charge in [-0.2, -0.15) is 4.98 Å². The van der Waals surface area contributed by atoms with Gasteiger partial charge in [0.15, 0.2) is 5.82 Å². The molecule has 1 N–H and O–H groups in total. The molecule has 0 radical (unpaired) electrons. The minimum atomic E-state index is 0.345. The summed E-state index contributed by atoms with van der Waals surface area (Å²) in [5.41, 5.74) is 2.16. The number of rotatable bonds is 4. The van der Waals surface area contributed by atoms with Crippen molar-refractivity contribution in [1.82, 2.24) is 15.5 Å². The number of benzene rings is 1. The second kappa shape index (κ2) is 5.10. The van der Waals surface area contributed by atoms with Gasteiger partial charge in [-0.05, 0) is 33.0 Å². The highest BCUT2D eigenvalue weighted by molar-refractivity contribution is 5.53. The van der Waals surface area contributed by atoms with Gasteiger partial charge in [-0.1, -0.05) is 22.9 Å². The van der Waals surface area contributed by atoms with Gasteiger partial charge in [0, 0.05) is 18.0 Å². The van der Waals surface area contributed by atoms with Crippen LogP contribution in [0.1, 0.15) is 18.3 Å². The summed E-state index contributed by atoms with van der Waals surface area (Å²) in [5.74, 6) is 1.33. The summed E-state index contributed by atoms with van der Waals surface area (Å²) in [5, 5.41) is 7.13. The summed E-state index contributed by atoms with van der Waals surface area (Å²) < 4.78 is 5.26. The van der Waals surface area contributed by atoms with Crippen molar-refractivity contribution in [1.29, 1.82) is 0 Å². The Kier molecular flexibility index (Phi) is 3.54. The lowest BCUT2D eigenvalue weighted by atomic mass is 10.1. The molecule has 2 aromatic rings. The van der Waals surface area contributed by atoms with E-state index in [2.05, 4.69) is 22.4 Å². The van der Waals surface area contributed by atoms with Gasteiger partial charge in [0.05, 0.1) is 0 Å². The molecule has 4 nitrogen and oxygen atoms in total. The lowest BCUT2D eigenvalue weighted by molar-refractivity contribution is 0.418. The summed E-state index contributed by atoms with van der Waals surface area (Å²) in [4.78, 5) is 4.39. The van der Waals surface area contributed by atoms with E-state index in [9.17, 15) is 0 Å². The standard InChI is InChI=1S/C13H17N3O/c1-9-5-4-6-11(7-9)13-15-12(16-17-13)8-10(2)14-3/h4-7,10,14H,8H2,1-3H3. The molecule has 1 unspecified atom stereocenters. The molecule has 4 heteroatoms. The third-order valence-corrected chi connectivity index (χ3v) is 2.71. The Balaban J connectivity index is 2.18. The predicted octanol–water partition coefficient (Wildman–Crippen LogP) is 2.20. The summed E-state index contributed by atoms with van der Waals surface area (Å²) in [6, 6.07) is 8.40. The highest BCUT2D eigenvalue weighted by Gasteiger charge is 2.10. The van der Waals surface area contributed by atoms with Crippen molar-refractivity contribution in [2.45, 2.75) is 26.3 Å². The average Bonchev–Trinajstić information content (AvgIpc) is 2.77. The van der Waals surface area contributed by atoms with Gasteiger partial charge in [0.1, 0.15) is 0 Å². The van der Waals surface area contributed by atoms with Gasteiger partial charge in [-0.3, -0.25) is 0 Å². The third kappa shape index (κ3) is 2.91. The van der Waals surface area contributed by atoms with Gasteiger partial charge >= 0.3 is 0 Å². The molecule has 1 aromatic heterocycles. The van der Waals surface area contributed by atoms with Crippen LogP contribution in [0.25, 0.3) is 11.5 Å². The van der Waals surface area contributed by atoms with Crippen molar-refractivity contribution in [2.75, 3.05) is 7.05 Å². The first kappa shape index (κ1) is 11.8. The Bertz CT molecular complexity index is 493. The Labute approximate surface area is 101 Å². The second-order valence-corrected chi connectivity index (χ2v) is 4.28. The molecule has 0 amide bonds. The molecule has 0 spiro atoms. The molecule has 1 atom stereocenters. The average molecular weight is 231 g/mol. The first-order chi connectivity index (χ1) is 8.19. The number of nitrogens with zero attached hydrogens (tertiary/aromatic N) is 2. The highest BCUT2D eigenvalue weighted by atomic mass is 16.5. The molecular weight excluding hydrogens is 214 g/mol. The fourth-order valence-corrected chi connectivity index (χ4v) is 1.61. The monoisotopic (exact) mass is 231 g/mol. The minimum Gasteiger partial charge on any atom is -0.334 e. The predicted molar refractivity (Wildman–Crippen MR) is 66.7 cm³/mol. The molecule has 0 aliphatic heterocycles. The SMILES string of the molecule is CNC(C)Cc1noc(-c2cccc(C)c2)n1. The molecule has 0 saturated carbocycles. The van der Waals surface area contributed by atoms with Gasteiger partial charge in [-0.25, -0.2) is 0 Å². The maximum Gasteiger partial charge on any atom is 0.257 e. The number of aromatic nitrogens is 2. The van der Waals surface area contributed by atoms with Crippen LogP contribution in [0.5, 0.6) is 0 Å². The van der Waals surface area contributed by atoms with E-state index in [0.29, 0.717) is 11.9 Å². The topological polar surface area (TPSA) is 51.0 Å². The molecular formula is C13H17N3O. The number of aryl methyl sites for hydroxylation is 1. The molecule has 0 aliphatic rings. The van der Waals surface area contributed by atoms with Crippen LogP contribution in [-0.4, -0.2) is 23.2 Å². The molecule has 0 bridgehead atoms. The Hall–Kier alpha value is -1.68. The van der Waals surface area contributed by atoms with E-state index in [1.54, 1.807) is 0 Å². The van der Waals surface area contributed by atoms with Gasteiger partial charge < -0.3 is 9.84 Å². The van der Waals surface area contributed by atoms with E-state index >= 15 is 0 Å². The summed E-state index contributed by atoms with van der Waals surface area (Å²) >= 11 is 0. The second-order valence-electron chi connectivity index (χ2n) is 4.28. The van der Waals surface area contributed by atoms with Crippen LogP contribution < -0.4 is 5.32 Å². The van der Waals surface area contributed by atoms with Gasteiger partial charge in [-0.15, -0.1) is 0 Å². The molecule has 0 aliphatic carbocycles. The molecule has 0 saturated heterocycles. The lowest BCUT2D eigenvalue weighted by Crippen LogP contribution is -2.24. The van der Waals surface area contributed by atoms with Gasteiger partial charge in [0.2, 0.25) is 0 Å². The van der Waals surface area contributed by atoms with Crippen LogP contribution in [0.3, 0.4) is 0 Å². The zero-order chi connectivity index (χ0) is 12.3. The van der Waals surface area contributed by atoms with Crippen molar-refractivity contribution in [3.63, 3.8) is 0 Å². The van der Waals surface area contributed by atoms with E-state index in [0.717, 1.165) is 17.8 Å². The summed E-state index contributed by atoms with van der Waals surface area (Å²) in [6.45, 7) is 4.13. The fourth-order valence-electron chi connectivity index (χ4n) is 1.61. The number of hydrogen-bond acceptors (Lipinski definition) is 4. The van der Waals surface area contributed by atoms with Crippen LogP contribution in [-0.2, 0) is 6.42 Å². The highest BCUT2D eigenvalue weighted by Crippen LogP contribution is 2.18. The minimum absolute atomic E-state index is 0.345. The Morgan fingerprint density at radius 1 is 1.41 bits per heavy atom. The largest absolute Gasteiger partial charge is 0.334 e. The molecule has 0 fully saturated rings. The molecule has 1 aromatic carbocycles. The van der Waals surface area contributed by atoms with Crippen molar-refractivity contribution >= 4 is 0 Å². The van der Waals surface area contributed by atoms with Crippen LogP contribution in [0.2, 0.25) is 0 Å². The van der Waals surface area contributed by atoms with Crippen LogP contribution in [0.15, 0.2) is 28.8 Å². The molecule has 1 heterocycles. The third-order valence-electron chi connectivity index (χ3n) is 2.71. The maximum absolute atomic E-state index is 5.26. The van der Waals surface area contributed by atoms with Crippen molar-refractivity contribution < 1.29 is 4.52 Å². The smallest absolute Gasteiger partial charge is 0.257 e. The van der Waals surface area contributed by atoms with E-state index in [4.69, 9.17) is 4.52 Å². The quantitative estimate of drug-likeness (QED) is 0.876. The summed E-state index contributed by atoms with van der Waals surface area (Å²) in [7, 11) is 1.92. The van der Waals surface area contributed by atoms with E-state index in [-0.39, 0.29) is 0 Å². The van der Waals surface area contributed by atoms with Gasteiger partial charge in [0.25, 0.3) is 5.89 Å². The fraction of sp³-hybridized carbons (Fsp3) is 0.385. The van der Waals surface area contributed by atoms with Crippen molar-refractivity contribution in [2.24, 2.45) is 0 Å². The zero-order valence-electron chi connectivity index (χ0n) is 10.4. The van der Waals surface area contributed by atoms with E-state index in [1.165, 1.54) is 5.56 Å². The van der Waals surface area contributed by atoms with E-state index < -0.39 is 0 Å². The Morgan fingerprint density at radius 3 is 2.94 bits per heavy atom. The molecule has 90 valence electrons. The van der Waals surface area contributed by atoms with Crippen LogP contribution >= 0.6 is 0 Å². The Morgan fingerprint density at radius 2 is 2.24 bits per heavy atom. The maximum atomic E-state index is 5.26. The number of likely N-dealkylation sites (N-methyl/N-ethyl adjacent to an activating group) is 1. The summed E-state index contributed by atoms with van der Waals surface area (Å²) in [6.07, 6.45) is 0.770. The van der Waals surface area contributed by atoms with Crippen LogP contribution in [0, 0.1) is 6.92 Å². The molecule has 2 rings (SSSR count). The first-order valence-electron chi connectivity index (χ1n) is 5.76. The van der Waals surface area contributed by atoms with E-state index in [1.807, 2.05) is 38.2 Å². The molecule has 17 heavy (non-hydrogen) atoms. The van der Waals surface area contributed by atoms with Crippen molar-refractivity contribution in [3.8, 4) is 11.5 Å². The zero-order valence-corrected chi connectivity index (χ0v) is 10.4. The lowest BCUT2D eigenvalue weighted by Gasteiger charge is -2.04. The normalized spacial score (nSPS) is 12.6. The van der Waals surface area contributed by atoms with Crippen molar-refractivity contribution in [3.05, 3.63) is 35.7 Å². The number of nitrogens with one attached hydrogen (secondary N) is 1. The first-order valence-corrected chi connectivity index (χ1v) is 5.76. The number of hydrogen-bond donors (Lipinski definition) is 1.